The van der Waals surface area contributed by atoms with E-state index in [1.807, 2.05) is 0 Å². The highest BCUT2D eigenvalue weighted by Crippen LogP contribution is 2.49. The van der Waals surface area contributed by atoms with E-state index in [0.29, 0.717) is 11.1 Å². The first-order chi connectivity index (χ1) is 15.8. The van der Waals surface area contributed by atoms with Crippen molar-refractivity contribution in [2.24, 2.45) is 10.3 Å². The van der Waals surface area contributed by atoms with Crippen molar-refractivity contribution in [1.82, 2.24) is 0 Å². The largest absolute Gasteiger partial charge is 0.478 e. The van der Waals surface area contributed by atoms with Crippen LogP contribution in [0.15, 0.2) is 46.7 Å². The topological polar surface area (TPSA) is 80.5 Å². The van der Waals surface area contributed by atoms with Crippen LogP contribution in [0.4, 0.5) is 13.2 Å². The molecular weight excluding hydrogens is 498 g/mol. The van der Waals surface area contributed by atoms with Crippen molar-refractivity contribution in [2.45, 2.75) is 24.7 Å². The summed E-state index contributed by atoms with van der Waals surface area (Å²) in [6, 6.07) is 7.80. The number of alkyl halides is 3. The van der Waals surface area contributed by atoms with Gasteiger partial charge in [0.1, 0.15) is 13.7 Å². The zero-order valence-corrected chi connectivity index (χ0v) is 19.9. The summed E-state index contributed by atoms with van der Waals surface area (Å²) in [6.07, 6.45) is -4.03. The maximum Gasteiger partial charge on any atom is 0.435 e. The predicted octanol–water partition coefficient (Wildman–Crippen LogP) is 5.44. The van der Waals surface area contributed by atoms with E-state index in [2.05, 4.69) is 15.1 Å². The molecule has 0 bridgehead atoms. The molecule has 1 aliphatic rings. The fourth-order valence-electron chi connectivity index (χ4n) is 3.61. The van der Waals surface area contributed by atoms with Gasteiger partial charge in [-0.2, -0.15) is 13.2 Å². The van der Waals surface area contributed by atoms with E-state index < -0.39 is 24.2 Å². The Bertz CT molecular complexity index is 1150. The summed E-state index contributed by atoms with van der Waals surface area (Å²) in [7, 11) is 4.89. The number of hydrogen-bond donors (Lipinski definition) is 1. The summed E-state index contributed by atoms with van der Waals surface area (Å²) < 4.78 is 42.9. The van der Waals surface area contributed by atoms with Crippen molar-refractivity contribution in [3.8, 4) is 0 Å². The van der Waals surface area contributed by atoms with Gasteiger partial charge in [0.05, 0.1) is 25.4 Å². The second-order valence-electron chi connectivity index (χ2n) is 8.31. The van der Waals surface area contributed by atoms with Crippen LogP contribution >= 0.6 is 23.2 Å². The summed E-state index contributed by atoms with van der Waals surface area (Å²) in [6.45, 7) is 0.171. The van der Waals surface area contributed by atoms with Crippen LogP contribution in [0.5, 0.6) is 0 Å². The molecule has 2 aromatic carbocycles. The minimum absolute atomic E-state index is 0.00229. The molecule has 0 aromatic heterocycles. The van der Waals surface area contributed by atoms with E-state index in [-0.39, 0.29) is 37.9 Å². The summed E-state index contributed by atoms with van der Waals surface area (Å²) in [5.74, 6) is -1.17. The van der Waals surface area contributed by atoms with Crippen molar-refractivity contribution >= 4 is 41.2 Å². The number of quaternary nitrogens is 1. The number of hydrogen-bond acceptors (Lipinski definition) is 5. The lowest BCUT2D eigenvalue weighted by Gasteiger charge is -2.29. The average molecular weight is 519 g/mol. The molecule has 1 aliphatic heterocycles. The van der Waals surface area contributed by atoms with Crippen molar-refractivity contribution in [3.63, 3.8) is 0 Å². The highest BCUT2D eigenvalue weighted by Gasteiger charge is 2.62. The zero-order chi connectivity index (χ0) is 25.3. The van der Waals surface area contributed by atoms with Crippen LogP contribution in [0.2, 0.25) is 10.0 Å². The van der Waals surface area contributed by atoms with Crippen LogP contribution in [0.3, 0.4) is 0 Å². The van der Waals surface area contributed by atoms with Gasteiger partial charge in [-0.3, -0.25) is 4.48 Å². The lowest BCUT2D eigenvalue weighted by Crippen LogP contribution is -2.42. The Morgan fingerprint density at radius 3 is 2.47 bits per heavy atom. The minimum atomic E-state index is -4.84. The number of carboxylic acids is 1. The van der Waals surface area contributed by atoms with E-state index in [9.17, 15) is 23.1 Å². The van der Waals surface area contributed by atoms with Gasteiger partial charge in [-0.25, -0.2) is 4.79 Å². The first kappa shape index (κ1) is 25.8. The zero-order valence-electron chi connectivity index (χ0n) is 18.4. The molecule has 1 unspecified atom stereocenters. The molecule has 0 fully saturated rings. The average Bonchev–Trinajstić information content (AvgIpc) is 3.18. The SMILES string of the molecule is CON=C[N+](C)(C)Cc1cc(C2=NOC(c3cc(Cl)cc(Cl)c3)(C(F)(F)F)C2)ccc1C(=O)O. The molecule has 0 spiro atoms. The Kier molecular flexibility index (Phi) is 7.16. The summed E-state index contributed by atoms with van der Waals surface area (Å²) in [4.78, 5) is 21.5. The summed E-state index contributed by atoms with van der Waals surface area (Å²) in [5, 5.41) is 17.1. The number of nitrogens with zero attached hydrogens (tertiary/aromatic N) is 3. The number of rotatable bonds is 7. The molecule has 182 valence electrons. The third-order valence-corrected chi connectivity index (χ3v) is 5.66. The minimum Gasteiger partial charge on any atom is -0.478 e. The molecule has 1 heterocycles. The molecule has 34 heavy (non-hydrogen) atoms. The van der Waals surface area contributed by atoms with Gasteiger partial charge in [-0.05, 0) is 35.5 Å². The molecule has 0 radical (unpaired) electrons. The smallest absolute Gasteiger partial charge is 0.435 e. The number of carboxylic acid groups (broad SMARTS) is 1. The van der Waals surface area contributed by atoms with E-state index in [1.54, 1.807) is 14.1 Å². The monoisotopic (exact) mass is 518 g/mol. The molecule has 1 N–H and O–H groups in total. The number of aromatic carboxylic acids is 1. The van der Waals surface area contributed by atoms with Crippen molar-refractivity contribution in [1.29, 1.82) is 0 Å². The van der Waals surface area contributed by atoms with Crippen molar-refractivity contribution in [3.05, 3.63) is 68.7 Å². The molecule has 0 amide bonds. The molecule has 3 rings (SSSR count). The highest BCUT2D eigenvalue weighted by molar-refractivity contribution is 6.34. The van der Waals surface area contributed by atoms with Crippen molar-refractivity contribution < 1.29 is 37.2 Å². The normalized spacial score (nSPS) is 18.6. The summed E-state index contributed by atoms with van der Waals surface area (Å²) >= 11 is 11.9. The molecular formula is C22H21Cl2F3N3O4+. The number of oxime groups is 2. The van der Waals surface area contributed by atoms with Gasteiger partial charge >= 0.3 is 12.1 Å². The molecule has 0 saturated carbocycles. The van der Waals surface area contributed by atoms with Gasteiger partial charge in [0, 0.05) is 33.2 Å². The Morgan fingerprint density at radius 2 is 1.91 bits per heavy atom. The van der Waals surface area contributed by atoms with Gasteiger partial charge in [0.25, 0.3) is 5.60 Å². The molecule has 2 aromatic rings. The van der Waals surface area contributed by atoms with Crippen LogP contribution in [0.1, 0.15) is 33.5 Å². The molecule has 1 atom stereocenters. The Labute approximate surface area is 203 Å². The van der Waals surface area contributed by atoms with Gasteiger partial charge in [0.2, 0.25) is 6.34 Å². The number of carbonyl (C=O) groups is 1. The first-order valence-corrected chi connectivity index (χ1v) is 10.6. The van der Waals surface area contributed by atoms with Gasteiger partial charge < -0.3 is 14.8 Å². The van der Waals surface area contributed by atoms with E-state index in [4.69, 9.17) is 28.0 Å². The van der Waals surface area contributed by atoms with Crippen LogP contribution in [-0.4, -0.2) is 55.0 Å². The maximum atomic E-state index is 14.3. The van der Waals surface area contributed by atoms with Gasteiger partial charge in [-0.1, -0.05) is 34.4 Å². The van der Waals surface area contributed by atoms with Gasteiger partial charge in [-0.15, -0.1) is 0 Å². The second-order valence-corrected chi connectivity index (χ2v) is 9.18. The molecule has 7 nitrogen and oxygen atoms in total. The van der Waals surface area contributed by atoms with Crippen LogP contribution in [0.25, 0.3) is 0 Å². The van der Waals surface area contributed by atoms with Crippen LogP contribution in [-0.2, 0) is 21.8 Å². The highest BCUT2D eigenvalue weighted by atomic mass is 35.5. The Morgan fingerprint density at radius 1 is 1.26 bits per heavy atom. The third kappa shape index (κ3) is 5.29. The van der Waals surface area contributed by atoms with Crippen LogP contribution < -0.4 is 0 Å². The number of benzene rings is 2. The van der Waals surface area contributed by atoms with E-state index in [1.165, 1.54) is 37.7 Å². The fraction of sp³-hybridized carbons (Fsp3) is 0.318. The van der Waals surface area contributed by atoms with Crippen molar-refractivity contribution in [2.75, 3.05) is 21.2 Å². The maximum absolute atomic E-state index is 14.3. The third-order valence-electron chi connectivity index (χ3n) is 5.23. The second kappa shape index (κ2) is 9.44. The van der Waals surface area contributed by atoms with Crippen LogP contribution in [0, 0.1) is 0 Å². The van der Waals surface area contributed by atoms with E-state index >= 15 is 0 Å². The molecule has 12 heteroatoms. The summed E-state index contributed by atoms with van der Waals surface area (Å²) in [5.41, 5.74) is -2.40. The first-order valence-electron chi connectivity index (χ1n) is 9.83. The quantitative estimate of drug-likeness (QED) is 0.229. The predicted molar refractivity (Wildman–Crippen MR) is 121 cm³/mol. The lowest BCUT2D eigenvalue weighted by molar-refractivity contribution is -0.807. The Hall–Kier alpha value is -2.82. The number of halogens is 5. The fourth-order valence-corrected chi connectivity index (χ4v) is 4.14. The lowest BCUT2D eigenvalue weighted by atomic mass is 9.86. The molecule has 0 saturated heterocycles. The van der Waals surface area contributed by atoms with Gasteiger partial charge in [0.15, 0.2) is 0 Å². The Balaban J connectivity index is 2.02. The standard InChI is InChI=1S/C22H20Cl2F3N3O4/c1-30(2,12-28-33-3)11-14-6-13(4-5-18(14)20(31)32)19-10-21(34-29-19,22(25,26)27)15-7-16(23)9-17(24)8-15/h4-9,12H,10-11H2,1-3H3/p+1. The molecule has 0 aliphatic carbocycles. The van der Waals surface area contributed by atoms with E-state index in [0.717, 1.165) is 12.1 Å².